The number of carbonyl (C=O) groups excluding carboxylic acids is 1. The normalized spacial score (nSPS) is 13.6. The maximum atomic E-state index is 12.2. The quantitative estimate of drug-likeness (QED) is 0.399. The van der Waals surface area contributed by atoms with Crippen LogP contribution < -0.4 is 5.32 Å². The van der Waals surface area contributed by atoms with Gasteiger partial charge in [-0.15, -0.1) is 11.3 Å². The van der Waals surface area contributed by atoms with E-state index in [-0.39, 0.29) is 24.9 Å². The lowest BCUT2D eigenvalue weighted by molar-refractivity contribution is -0.119. The number of carboxylic acid groups (broad SMARTS) is 1. The third-order valence-corrected chi connectivity index (χ3v) is 6.21. The number of aliphatic hydroxyl groups excluding tert-OH is 1. The lowest BCUT2D eigenvalue weighted by atomic mass is 9.92. The molecule has 3 aromatic rings. The highest BCUT2D eigenvalue weighted by molar-refractivity contribution is 7.09. The fourth-order valence-corrected chi connectivity index (χ4v) is 4.54. The molecule has 0 saturated carbocycles. The van der Waals surface area contributed by atoms with Gasteiger partial charge in [0.05, 0.1) is 24.2 Å². The van der Waals surface area contributed by atoms with Gasteiger partial charge in [-0.1, -0.05) is 60.7 Å². The minimum atomic E-state index is -1.11. The molecule has 1 aromatic heterocycles. The van der Waals surface area contributed by atoms with Gasteiger partial charge in [-0.05, 0) is 30.4 Å². The lowest BCUT2D eigenvalue weighted by Crippen LogP contribution is -2.50. The Morgan fingerprint density at radius 1 is 1.03 bits per heavy atom. The van der Waals surface area contributed by atoms with Gasteiger partial charge in [0, 0.05) is 24.0 Å². The van der Waals surface area contributed by atoms with Gasteiger partial charge in [0.1, 0.15) is 0 Å². The number of benzene rings is 2. The zero-order valence-electron chi connectivity index (χ0n) is 18.5. The summed E-state index contributed by atoms with van der Waals surface area (Å²) in [5.41, 5.74) is 3.61. The molecule has 0 spiro atoms. The molecule has 0 unspecified atom stereocenters. The Labute approximate surface area is 197 Å². The Morgan fingerprint density at radius 3 is 2.15 bits per heavy atom. The van der Waals surface area contributed by atoms with Gasteiger partial charge in [-0.3, -0.25) is 14.7 Å². The van der Waals surface area contributed by atoms with Crippen LogP contribution in [0.4, 0.5) is 4.79 Å². The summed E-state index contributed by atoms with van der Waals surface area (Å²) in [4.78, 5) is 30.2. The van der Waals surface area contributed by atoms with Crippen molar-refractivity contribution < 1.29 is 19.8 Å². The first kappa shape index (κ1) is 24.4. The van der Waals surface area contributed by atoms with Crippen LogP contribution >= 0.6 is 11.3 Å². The van der Waals surface area contributed by atoms with E-state index in [1.54, 1.807) is 11.7 Å². The number of aromatic nitrogens is 1. The molecule has 3 N–H and O–H groups in total. The van der Waals surface area contributed by atoms with Gasteiger partial charge in [-0.2, -0.15) is 0 Å². The lowest BCUT2D eigenvalue weighted by Gasteiger charge is -2.34. The van der Waals surface area contributed by atoms with Crippen LogP contribution in [0.1, 0.15) is 29.3 Å². The molecule has 0 saturated heterocycles. The number of nitrogens with one attached hydrogen (secondary N) is 1. The number of nitrogens with zero attached hydrogens (tertiary/aromatic N) is 2. The molecule has 0 radical (unpaired) electrons. The summed E-state index contributed by atoms with van der Waals surface area (Å²) in [6, 6.07) is 18.2. The number of thiazole rings is 1. The number of hydrogen-bond donors (Lipinski definition) is 3. The van der Waals surface area contributed by atoms with Crippen molar-refractivity contribution in [3.63, 3.8) is 0 Å². The van der Waals surface area contributed by atoms with E-state index in [9.17, 15) is 19.8 Å². The molecule has 0 bridgehead atoms. The van der Waals surface area contributed by atoms with Crippen LogP contribution in [0.5, 0.6) is 0 Å². The predicted octanol–water partition coefficient (Wildman–Crippen LogP) is 3.73. The highest BCUT2D eigenvalue weighted by Gasteiger charge is 2.32. The van der Waals surface area contributed by atoms with Crippen molar-refractivity contribution >= 4 is 23.3 Å². The molecule has 174 valence electrons. The first-order chi connectivity index (χ1) is 15.9. The van der Waals surface area contributed by atoms with Crippen LogP contribution in [0, 0.1) is 0 Å². The monoisotopic (exact) mass is 467 g/mol. The molecule has 0 aliphatic rings. The average molecular weight is 468 g/mol. The standard InChI is InChI=1S/C25H29N3O4S/c1-18(29)27-21(12-19-8-4-2-5-9-19)14-24(30)23(13-20-10-6-3-7-11-20)28(25(31)32)16-22-15-26-17-33-22/h2-11,15,17,21,23-24,30H,12-14,16H2,1H3,(H,27,29)(H,31,32)/t21-,23-,24+/m0/s1. The molecule has 0 aliphatic carbocycles. The van der Waals surface area contributed by atoms with E-state index in [0.29, 0.717) is 12.8 Å². The topological polar surface area (TPSA) is 103 Å². The number of carbonyl (C=O) groups is 2. The first-order valence-corrected chi connectivity index (χ1v) is 11.7. The van der Waals surface area contributed by atoms with Gasteiger partial charge in [0.15, 0.2) is 0 Å². The van der Waals surface area contributed by atoms with E-state index < -0.39 is 18.2 Å². The summed E-state index contributed by atoms with van der Waals surface area (Å²) in [5, 5.41) is 24.2. The number of rotatable bonds is 11. The Balaban J connectivity index is 1.84. The van der Waals surface area contributed by atoms with Crippen molar-refractivity contribution in [3.05, 3.63) is 88.4 Å². The van der Waals surface area contributed by atoms with Gasteiger partial charge in [-0.25, -0.2) is 4.79 Å². The van der Waals surface area contributed by atoms with Crippen molar-refractivity contribution in [2.45, 2.75) is 50.9 Å². The van der Waals surface area contributed by atoms with Crippen LogP contribution in [0.15, 0.2) is 72.4 Å². The minimum Gasteiger partial charge on any atom is -0.465 e. The summed E-state index contributed by atoms with van der Waals surface area (Å²) in [6.45, 7) is 1.58. The van der Waals surface area contributed by atoms with Crippen molar-refractivity contribution in [2.75, 3.05) is 0 Å². The van der Waals surface area contributed by atoms with Gasteiger partial charge in [0.2, 0.25) is 5.91 Å². The molecule has 3 rings (SSSR count). The molecule has 2 aromatic carbocycles. The number of hydrogen-bond acceptors (Lipinski definition) is 5. The molecule has 3 atom stereocenters. The highest BCUT2D eigenvalue weighted by atomic mass is 32.1. The van der Waals surface area contributed by atoms with Crippen LogP contribution in [0.2, 0.25) is 0 Å². The fraction of sp³-hybridized carbons (Fsp3) is 0.320. The minimum absolute atomic E-state index is 0.137. The smallest absolute Gasteiger partial charge is 0.407 e. The molecule has 0 fully saturated rings. The van der Waals surface area contributed by atoms with Gasteiger partial charge < -0.3 is 15.5 Å². The average Bonchev–Trinajstić information content (AvgIpc) is 3.30. The van der Waals surface area contributed by atoms with Crippen LogP contribution in [0.3, 0.4) is 0 Å². The molecule has 1 heterocycles. The van der Waals surface area contributed by atoms with Gasteiger partial charge >= 0.3 is 6.09 Å². The van der Waals surface area contributed by atoms with Crippen LogP contribution in [-0.2, 0) is 24.2 Å². The summed E-state index contributed by atoms with van der Waals surface area (Å²) in [5.74, 6) is -0.192. The highest BCUT2D eigenvalue weighted by Crippen LogP contribution is 2.21. The molecular formula is C25H29N3O4S. The van der Waals surface area contributed by atoms with Crippen LogP contribution in [-0.4, -0.2) is 50.3 Å². The van der Waals surface area contributed by atoms with Crippen molar-refractivity contribution in [3.8, 4) is 0 Å². The van der Waals surface area contributed by atoms with E-state index in [4.69, 9.17) is 0 Å². The zero-order chi connectivity index (χ0) is 23.6. The Morgan fingerprint density at radius 2 is 1.64 bits per heavy atom. The number of aliphatic hydroxyl groups is 1. The molecular weight excluding hydrogens is 438 g/mol. The molecule has 0 aliphatic heterocycles. The third kappa shape index (κ3) is 7.69. The second-order valence-corrected chi connectivity index (χ2v) is 9.00. The van der Waals surface area contributed by atoms with Crippen LogP contribution in [0.25, 0.3) is 0 Å². The van der Waals surface area contributed by atoms with E-state index in [1.807, 2.05) is 60.7 Å². The van der Waals surface area contributed by atoms with Crippen molar-refractivity contribution in [1.82, 2.24) is 15.2 Å². The van der Waals surface area contributed by atoms with E-state index in [1.165, 1.54) is 23.2 Å². The summed E-state index contributed by atoms with van der Waals surface area (Å²) >= 11 is 1.37. The SMILES string of the molecule is CC(=O)N[C@@H](Cc1ccccc1)C[C@@H](O)[C@H](Cc1ccccc1)N(Cc1cncs1)C(=O)O. The van der Waals surface area contributed by atoms with E-state index in [0.717, 1.165) is 16.0 Å². The zero-order valence-corrected chi connectivity index (χ0v) is 19.3. The summed E-state index contributed by atoms with van der Waals surface area (Å²) < 4.78 is 0. The van der Waals surface area contributed by atoms with E-state index >= 15 is 0 Å². The molecule has 8 heteroatoms. The molecule has 7 nitrogen and oxygen atoms in total. The van der Waals surface area contributed by atoms with Gasteiger partial charge in [0.25, 0.3) is 0 Å². The Bertz CT molecular complexity index is 999. The number of amides is 2. The second-order valence-electron chi connectivity index (χ2n) is 8.03. The first-order valence-electron chi connectivity index (χ1n) is 10.8. The summed E-state index contributed by atoms with van der Waals surface area (Å²) in [6.07, 6.45) is 0.653. The van der Waals surface area contributed by atoms with Crippen molar-refractivity contribution in [1.29, 1.82) is 0 Å². The molecule has 33 heavy (non-hydrogen) atoms. The predicted molar refractivity (Wildman–Crippen MR) is 128 cm³/mol. The maximum absolute atomic E-state index is 12.2. The van der Waals surface area contributed by atoms with E-state index in [2.05, 4.69) is 10.3 Å². The Hall–Kier alpha value is -3.23. The fourth-order valence-electron chi connectivity index (χ4n) is 3.95. The third-order valence-electron chi connectivity index (χ3n) is 5.45. The summed E-state index contributed by atoms with van der Waals surface area (Å²) in [7, 11) is 0. The van der Waals surface area contributed by atoms with Crippen molar-refractivity contribution in [2.24, 2.45) is 0 Å². The Kier molecular flexibility index (Phi) is 8.97. The second kappa shape index (κ2) is 12.1. The molecule has 2 amide bonds. The maximum Gasteiger partial charge on any atom is 0.407 e. The largest absolute Gasteiger partial charge is 0.465 e.